The summed E-state index contributed by atoms with van der Waals surface area (Å²) >= 11 is 0. The van der Waals surface area contributed by atoms with Gasteiger partial charge in [-0.2, -0.15) is 0 Å². The van der Waals surface area contributed by atoms with E-state index in [1.165, 1.54) is 19.3 Å². The first kappa shape index (κ1) is 16.4. The van der Waals surface area contributed by atoms with E-state index < -0.39 is 0 Å². The zero-order chi connectivity index (χ0) is 14.3. The smallest absolute Gasteiger partial charge is 0.222 e. The zero-order valence-corrected chi connectivity index (χ0v) is 12.7. The second kappa shape index (κ2) is 7.85. The van der Waals surface area contributed by atoms with E-state index in [9.17, 15) is 9.90 Å². The number of amides is 1. The predicted molar refractivity (Wildman–Crippen MR) is 76.0 cm³/mol. The third-order valence-corrected chi connectivity index (χ3v) is 3.53. The molecule has 4 nitrogen and oxygen atoms in total. The Morgan fingerprint density at radius 2 is 2.00 bits per heavy atom. The lowest BCUT2D eigenvalue weighted by Gasteiger charge is -2.42. The first-order valence-electron chi connectivity index (χ1n) is 7.55. The Labute approximate surface area is 117 Å². The Morgan fingerprint density at radius 1 is 1.32 bits per heavy atom. The quantitative estimate of drug-likeness (QED) is 0.723. The number of morpholine rings is 1. The summed E-state index contributed by atoms with van der Waals surface area (Å²) in [4.78, 5) is 14.0. The SMILES string of the molecule is CCCCCCCC(=O)N1CC(CO)OC(C)(C)C1. The van der Waals surface area contributed by atoms with Gasteiger partial charge < -0.3 is 14.7 Å². The fraction of sp³-hybridized carbons (Fsp3) is 0.933. The molecule has 0 aliphatic carbocycles. The lowest BCUT2D eigenvalue weighted by Crippen LogP contribution is -2.55. The van der Waals surface area contributed by atoms with Crippen molar-refractivity contribution in [2.45, 2.75) is 71.0 Å². The standard InChI is InChI=1S/C15H29NO3/c1-4-5-6-7-8-9-14(18)16-10-13(11-17)19-15(2,3)12-16/h13,17H,4-12H2,1-3H3. The van der Waals surface area contributed by atoms with Crippen molar-refractivity contribution in [1.82, 2.24) is 4.90 Å². The fourth-order valence-electron chi connectivity index (χ4n) is 2.62. The molecule has 0 aromatic rings. The van der Waals surface area contributed by atoms with Gasteiger partial charge >= 0.3 is 0 Å². The highest BCUT2D eigenvalue weighted by Crippen LogP contribution is 2.21. The largest absolute Gasteiger partial charge is 0.394 e. The van der Waals surface area contributed by atoms with Gasteiger partial charge in [0.25, 0.3) is 0 Å². The molecule has 1 aliphatic rings. The Hall–Kier alpha value is -0.610. The molecule has 4 heteroatoms. The number of nitrogens with zero attached hydrogens (tertiary/aromatic N) is 1. The summed E-state index contributed by atoms with van der Waals surface area (Å²) in [6.45, 7) is 7.25. The van der Waals surface area contributed by atoms with Crippen molar-refractivity contribution in [2.24, 2.45) is 0 Å². The Bertz CT molecular complexity index is 279. The van der Waals surface area contributed by atoms with Crippen molar-refractivity contribution in [2.75, 3.05) is 19.7 Å². The Morgan fingerprint density at radius 3 is 2.63 bits per heavy atom. The van der Waals surface area contributed by atoms with Crippen molar-refractivity contribution in [3.63, 3.8) is 0 Å². The molecule has 19 heavy (non-hydrogen) atoms. The van der Waals surface area contributed by atoms with Crippen molar-refractivity contribution < 1.29 is 14.6 Å². The molecule has 0 aromatic carbocycles. The molecule has 0 radical (unpaired) electrons. The van der Waals surface area contributed by atoms with E-state index in [2.05, 4.69) is 6.92 Å². The third-order valence-electron chi connectivity index (χ3n) is 3.53. The molecule has 0 spiro atoms. The van der Waals surface area contributed by atoms with Gasteiger partial charge in [0.05, 0.1) is 18.3 Å². The molecule has 1 aliphatic heterocycles. The summed E-state index contributed by atoms with van der Waals surface area (Å²) in [5.74, 6) is 0.200. The normalized spacial score (nSPS) is 22.5. The number of aliphatic hydroxyl groups excluding tert-OH is 1. The zero-order valence-electron chi connectivity index (χ0n) is 12.7. The number of carbonyl (C=O) groups excluding carboxylic acids is 1. The van der Waals surface area contributed by atoms with E-state index in [4.69, 9.17) is 4.74 Å². The van der Waals surface area contributed by atoms with E-state index in [-0.39, 0.29) is 24.2 Å². The number of carbonyl (C=O) groups is 1. The van der Waals surface area contributed by atoms with Crippen LogP contribution in [0.3, 0.4) is 0 Å². The lowest BCUT2D eigenvalue weighted by atomic mass is 10.0. The van der Waals surface area contributed by atoms with Gasteiger partial charge in [-0.3, -0.25) is 4.79 Å². The average Bonchev–Trinajstić information content (AvgIpc) is 2.36. The molecular weight excluding hydrogens is 242 g/mol. The monoisotopic (exact) mass is 271 g/mol. The third kappa shape index (κ3) is 5.91. The second-order valence-electron chi connectivity index (χ2n) is 6.12. The highest BCUT2D eigenvalue weighted by molar-refractivity contribution is 5.76. The molecule has 1 rings (SSSR count). The van der Waals surface area contributed by atoms with Crippen LogP contribution in [0, 0.1) is 0 Å². The number of hydrogen-bond donors (Lipinski definition) is 1. The van der Waals surface area contributed by atoms with Crippen LogP contribution < -0.4 is 0 Å². The molecule has 1 heterocycles. The van der Waals surface area contributed by atoms with Crippen LogP contribution in [0.5, 0.6) is 0 Å². The van der Waals surface area contributed by atoms with E-state index in [0.29, 0.717) is 19.5 Å². The second-order valence-corrected chi connectivity index (χ2v) is 6.12. The van der Waals surface area contributed by atoms with E-state index in [0.717, 1.165) is 12.8 Å². The molecule has 0 aromatic heterocycles. The van der Waals surface area contributed by atoms with Gasteiger partial charge in [-0.15, -0.1) is 0 Å². The maximum absolute atomic E-state index is 12.2. The molecule has 1 N–H and O–H groups in total. The van der Waals surface area contributed by atoms with Crippen LogP contribution in [0.1, 0.15) is 59.3 Å². The van der Waals surface area contributed by atoms with Gasteiger partial charge in [0.15, 0.2) is 0 Å². The number of hydrogen-bond acceptors (Lipinski definition) is 3. The van der Waals surface area contributed by atoms with E-state index in [1.54, 1.807) is 0 Å². The van der Waals surface area contributed by atoms with Crippen molar-refractivity contribution in [3.05, 3.63) is 0 Å². The molecule has 0 saturated carbocycles. The number of aliphatic hydroxyl groups is 1. The molecule has 112 valence electrons. The van der Waals surface area contributed by atoms with Crippen molar-refractivity contribution >= 4 is 5.91 Å². The fourth-order valence-corrected chi connectivity index (χ4v) is 2.62. The highest BCUT2D eigenvalue weighted by Gasteiger charge is 2.34. The molecule has 0 bridgehead atoms. The molecular formula is C15H29NO3. The van der Waals surface area contributed by atoms with Crippen LogP contribution in [0.4, 0.5) is 0 Å². The molecule has 1 atom stereocenters. The number of rotatable bonds is 7. The predicted octanol–water partition coefficient (Wildman–Crippen LogP) is 2.35. The van der Waals surface area contributed by atoms with Crippen LogP contribution in [-0.2, 0) is 9.53 Å². The van der Waals surface area contributed by atoms with Crippen LogP contribution >= 0.6 is 0 Å². The first-order chi connectivity index (χ1) is 8.98. The van der Waals surface area contributed by atoms with Crippen molar-refractivity contribution in [1.29, 1.82) is 0 Å². The summed E-state index contributed by atoms with van der Waals surface area (Å²) in [5.41, 5.74) is -0.358. The van der Waals surface area contributed by atoms with Crippen LogP contribution in [0.2, 0.25) is 0 Å². The summed E-state index contributed by atoms with van der Waals surface area (Å²) in [6, 6.07) is 0. The van der Waals surface area contributed by atoms with Crippen LogP contribution in [0.15, 0.2) is 0 Å². The summed E-state index contributed by atoms with van der Waals surface area (Å²) in [7, 11) is 0. The maximum Gasteiger partial charge on any atom is 0.222 e. The maximum atomic E-state index is 12.2. The van der Waals surface area contributed by atoms with Gasteiger partial charge in [-0.25, -0.2) is 0 Å². The van der Waals surface area contributed by atoms with Gasteiger partial charge in [0.1, 0.15) is 0 Å². The van der Waals surface area contributed by atoms with Gasteiger partial charge in [0.2, 0.25) is 5.91 Å². The summed E-state index contributed by atoms with van der Waals surface area (Å²) in [6.07, 6.45) is 6.19. The average molecular weight is 271 g/mol. The summed E-state index contributed by atoms with van der Waals surface area (Å²) < 4.78 is 5.72. The van der Waals surface area contributed by atoms with Gasteiger partial charge in [-0.05, 0) is 20.3 Å². The summed E-state index contributed by atoms with van der Waals surface area (Å²) in [5, 5.41) is 9.23. The number of ether oxygens (including phenoxy) is 1. The minimum absolute atomic E-state index is 0.0241. The Balaban J connectivity index is 2.34. The highest BCUT2D eigenvalue weighted by atomic mass is 16.5. The molecule has 1 amide bonds. The minimum Gasteiger partial charge on any atom is -0.394 e. The molecule has 1 fully saturated rings. The van der Waals surface area contributed by atoms with E-state index >= 15 is 0 Å². The molecule has 1 saturated heterocycles. The molecule has 1 unspecified atom stereocenters. The van der Waals surface area contributed by atoms with Gasteiger partial charge in [0, 0.05) is 19.5 Å². The topological polar surface area (TPSA) is 49.8 Å². The minimum atomic E-state index is -0.358. The Kier molecular flexibility index (Phi) is 6.80. The lowest BCUT2D eigenvalue weighted by molar-refractivity contribution is -0.167. The van der Waals surface area contributed by atoms with Crippen LogP contribution in [0.25, 0.3) is 0 Å². The number of unbranched alkanes of at least 4 members (excludes halogenated alkanes) is 4. The van der Waals surface area contributed by atoms with Gasteiger partial charge in [-0.1, -0.05) is 32.6 Å². The van der Waals surface area contributed by atoms with E-state index in [1.807, 2.05) is 18.7 Å². The van der Waals surface area contributed by atoms with Crippen molar-refractivity contribution in [3.8, 4) is 0 Å². The first-order valence-corrected chi connectivity index (χ1v) is 7.55. The van der Waals surface area contributed by atoms with Crippen LogP contribution in [-0.4, -0.2) is 47.3 Å².